The maximum Gasteiger partial charge on any atom is 0.254 e. The molecule has 0 spiro atoms. The van der Waals surface area contributed by atoms with E-state index in [0.29, 0.717) is 22.9 Å². The van der Waals surface area contributed by atoms with Crippen LogP contribution in [0.15, 0.2) is 48.5 Å². The van der Waals surface area contributed by atoms with Crippen molar-refractivity contribution >= 4 is 17.6 Å². The number of methoxy groups -OCH3 is 2. The van der Waals surface area contributed by atoms with Gasteiger partial charge in [0.2, 0.25) is 5.91 Å². The average Bonchev–Trinajstić information content (AvgIpc) is 3.26. The Kier molecular flexibility index (Phi) is 8.07. The molecule has 0 unspecified atom stereocenters. The number of hydrogen-bond acceptors (Lipinski definition) is 5. The Labute approximate surface area is 213 Å². The zero-order valence-corrected chi connectivity index (χ0v) is 22.4. The van der Waals surface area contributed by atoms with E-state index in [4.69, 9.17) is 14.6 Å². The first kappa shape index (κ1) is 26.8. The minimum Gasteiger partial charge on any atom is -0.497 e. The number of carbonyl (C=O) groups excluding carboxylic acids is 2. The molecule has 3 aromatic rings. The molecule has 0 bridgehead atoms. The molecule has 0 aliphatic rings. The van der Waals surface area contributed by atoms with Gasteiger partial charge in [-0.25, -0.2) is 4.68 Å². The third-order valence-electron chi connectivity index (χ3n) is 5.82. The second-order valence-corrected chi connectivity index (χ2v) is 10.1. The predicted molar refractivity (Wildman–Crippen MR) is 141 cm³/mol. The van der Waals surface area contributed by atoms with Crippen molar-refractivity contribution in [3.05, 3.63) is 65.4 Å². The topological polar surface area (TPSA) is 85.7 Å². The summed E-state index contributed by atoms with van der Waals surface area (Å²) in [5.74, 6) is 0.943. The van der Waals surface area contributed by atoms with Crippen LogP contribution < -0.4 is 14.8 Å². The first-order valence-corrected chi connectivity index (χ1v) is 11.9. The number of benzene rings is 2. The second kappa shape index (κ2) is 10.8. The molecule has 0 saturated heterocycles. The summed E-state index contributed by atoms with van der Waals surface area (Å²) < 4.78 is 12.3. The van der Waals surface area contributed by atoms with Crippen LogP contribution in [0.1, 0.15) is 56.2 Å². The molecule has 0 saturated carbocycles. The quantitative estimate of drug-likeness (QED) is 0.479. The van der Waals surface area contributed by atoms with E-state index in [1.54, 1.807) is 22.9 Å². The smallest absolute Gasteiger partial charge is 0.254 e. The van der Waals surface area contributed by atoms with Gasteiger partial charge < -0.3 is 19.7 Å². The third kappa shape index (κ3) is 6.24. The molecule has 0 fully saturated rings. The van der Waals surface area contributed by atoms with Gasteiger partial charge in [-0.1, -0.05) is 38.5 Å². The number of nitrogens with zero attached hydrogens (tertiary/aromatic N) is 3. The van der Waals surface area contributed by atoms with Crippen molar-refractivity contribution in [1.29, 1.82) is 0 Å². The molecule has 3 rings (SSSR count). The normalized spacial score (nSPS) is 11.4. The van der Waals surface area contributed by atoms with Crippen molar-refractivity contribution in [1.82, 2.24) is 14.7 Å². The molecular formula is C28H36N4O4. The average molecular weight is 493 g/mol. The highest BCUT2D eigenvalue weighted by atomic mass is 16.5. The van der Waals surface area contributed by atoms with Gasteiger partial charge in [-0.2, -0.15) is 5.10 Å². The summed E-state index contributed by atoms with van der Waals surface area (Å²) >= 11 is 0. The van der Waals surface area contributed by atoms with E-state index in [2.05, 4.69) is 26.1 Å². The van der Waals surface area contributed by atoms with E-state index < -0.39 is 0 Å². The SMILES string of the molecule is COc1cc(OC)cc(C(=O)N(CC(=O)Nc2cc(C(C)(C)C)nn2-c2ccc(C)cc2)C(C)C)c1. The molecule has 0 aliphatic heterocycles. The molecule has 0 atom stereocenters. The second-order valence-electron chi connectivity index (χ2n) is 10.1. The van der Waals surface area contributed by atoms with Crippen LogP contribution in [0.25, 0.3) is 5.69 Å². The molecule has 1 heterocycles. The van der Waals surface area contributed by atoms with Crippen LogP contribution in [0, 0.1) is 6.92 Å². The zero-order valence-electron chi connectivity index (χ0n) is 22.4. The Bertz CT molecular complexity index is 1200. The lowest BCUT2D eigenvalue weighted by molar-refractivity contribution is -0.117. The summed E-state index contributed by atoms with van der Waals surface area (Å²) in [4.78, 5) is 28.1. The van der Waals surface area contributed by atoms with Gasteiger partial charge in [0.25, 0.3) is 5.91 Å². The summed E-state index contributed by atoms with van der Waals surface area (Å²) in [5, 5.41) is 7.73. The molecule has 1 aromatic heterocycles. The molecule has 2 aromatic carbocycles. The molecule has 0 aliphatic carbocycles. The summed E-state index contributed by atoms with van der Waals surface area (Å²) in [6.45, 7) is 11.9. The van der Waals surface area contributed by atoms with Crippen LogP contribution in [0.2, 0.25) is 0 Å². The number of carbonyl (C=O) groups is 2. The van der Waals surface area contributed by atoms with Gasteiger partial charge in [0.05, 0.1) is 25.6 Å². The van der Waals surface area contributed by atoms with Gasteiger partial charge in [-0.3, -0.25) is 9.59 Å². The van der Waals surface area contributed by atoms with Gasteiger partial charge in [-0.15, -0.1) is 0 Å². The third-order valence-corrected chi connectivity index (χ3v) is 5.82. The van der Waals surface area contributed by atoms with Crippen molar-refractivity contribution < 1.29 is 19.1 Å². The molecule has 2 amide bonds. The summed E-state index contributed by atoms with van der Waals surface area (Å²) in [6.07, 6.45) is 0. The van der Waals surface area contributed by atoms with E-state index in [-0.39, 0.29) is 29.8 Å². The fourth-order valence-corrected chi connectivity index (χ4v) is 3.64. The summed E-state index contributed by atoms with van der Waals surface area (Å²) in [5.41, 5.74) is 2.99. The Morgan fingerprint density at radius 1 is 1.00 bits per heavy atom. The van der Waals surface area contributed by atoms with E-state index in [1.165, 1.54) is 19.1 Å². The maximum atomic E-state index is 13.4. The largest absolute Gasteiger partial charge is 0.497 e. The predicted octanol–water partition coefficient (Wildman–Crippen LogP) is 4.98. The van der Waals surface area contributed by atoms with Crippen molar-refractivity contribution in [2.75, 3.05) is 26.1 Å². The number of anilines is 1. The number of aromatic nitrogens is 2. The fraction of sp³-hybridized carbons (Fsp3) is 0.393. The van der Waals surface area contributed by atoms with Gasteiger partial charge in [0.15, 0.2) is 0 Å². The fourth-order valence-electron chi connectivity index (χ4n) is 3.64. The Hall–Kier alpha value is -3.81. The number of ether oxygens (including phenoxy) is 2. The molecular weight excluding hydrogens is 456 g/mol. The van der Waals surface area contributed by atoms with Gasteiger partial charge in [0, 0.05) is 29.2 Å². The molecule has 36 heavy (non-hydrogen) atoms. The van der Waals surface area contributed by atoms with E-state index >= 15 is 0 Å². The molecule has 8 nitrogen and oxygen atoms in total. The first-order valence-electron chi connectivity index (χ1n) is 11.9. The monoisotopic (exact) mass is 492 g/mol. The molecule has 1 N–H and O–H groups in total. The lowest BCUT2D eigenvalue weighted by atomic mass is 9.92. The van der Waals surface area contributed by atoms with Gasteiger partial charge in [0.1, 0.15) is 23.9 Å². The van der Waals surface area contributed by atoms with Crippen molar-refractivity contribution in [2.45, 2.75) is 53.0 Å². The molecule has 0 radical (unpaired) electrons. The zero-order chi connectivity index (χ0) is 26.6. The highest BCUT2D eigenvalue weighted by Gasteiger charge is 2.25. The lowest BCUT2D eigenvalue weighted by Crippen LogP contribution is -2.42. The van der Waals surface area contributed by atoms with Crippen LogP contribution >= 0.6 is 0 Å². The van der Waals surface area contributed by atoms with E-state index in [0.717, 1.165) is 16.9 Å². The number of nitrogens with one attached hydrogen (secondary N) is 1. The first-order chi connectivity index (χ1) is 16.9. The highest BCUT2D eigenvalue weighted by molar-refractivity contribution is 6.00. The summed E-state index contributed by atoms with van der Waals surface area (Å²) in [7, 11) is 3.06. The van der Waals surface area contributed by atoms with Crippen molar-refractivity contribution in [3.8, 4) is 17.2 Å². The molecule has 8 heteroatoms. The van der Waals surface area contributed by atoms with Crippen LogP contribution in [0.4, 0.5) is 5.82 Å². The standard InChI is InChI=1S/C28H36N4O4/c1-18(2)31(27(34)20-13-22(35-7)15-23(14-20)36-8)17-26(33)29-25-16-24(28(4,5)6)30-32(25)21-11-9-19(3)10-12-21/h9-16,18H,17H2,1-8H3,(H,29,33). The Balaban J connectivity index is 1.88. The van der Waals surface area contributed by atoms with E-state index in [9.17, 15) is 9.59 Å². The van der Waals surface area contributed by atoms with Crippen molar-refractivity contribution in [2.24, 2.45) is 0 Å². The van der Waals surface area contributed by atoms with Crippen LogP contribution in [-0.2, 0) is 10.2 Å². The van der Waals surface area contributed by atoms with Gasteiger partial charge >= 0.3 is 0 Å². The van der Waals surface area contributed by atoms with Crippen molar-refractivity contribution in [3.63, 3.8) is 0 Å². The van der Waals surface area contributed by atoms with Crippen LogP contribution in [0.5, 0.6) is 11.5 Å². The number of aryl methyl sites for hydroxylation is 1. The number of rotatable bonds is 8. The van der Waals surface area contributed by atoms with Crippen LogP contribution in [0.3, 0.4) is 0 Å². The maximum absolute atomic E-state index is 13.4. The van der Waals surface area contributed by atoms with Gasteiger partial charge in [-0.05, 0) is 45.0 Å². The Morgan fingerprint density at radius 3 is 2.08 bits per heavy atom. The highest BCUT2D eigenvalue weighted by Crippen LogP contribution is 2.27. The number of hydrogen-bond donors (Lipinski definition) is 1. The molecule has 192 valence electrons. The van der Waals surface area contributed by atoms with E-state index in [1.807, 2.05) is 51.1 Å². The van der Waals surface area contributed by atoms with Crippen LogP contribution in [-0.4, -0.2) is 53.3 Å². The minimum absolute atomic E-state index is 0.125. The Morgan fingerprint density at radius 2 is 1.58 bits per heavy atom. The summed E-state index contributed by atoms with van der Waals surface area (Å²) in [6, 6.07) is 14.6. The minimum atomic E-state index is -0.319. The lowest BCUT2D eigenvalue weighted by Gasteiger charge is -2.26. The number of amides is 2.